The lowest BCUT2D eigenvalue weighted by molar-refractivity contribution is 0.165. The molecule has 3 heteroatoms. The Morgan fingerprint density at radius 3 is 2.84 bits per heavy atom. The van der Waals surface area contributed by atoms with Crippen LogP contribution in [0, 0.1) is 0 Å². The molecule has 1 aromatic heterocycles. The molecule has 2 N–H and O–H groups in total. The first-order valence-corrected chi connectivity index (χ1v) is 7.40. The second kappa shape index (κ2) is 5.76. The number of hydrogen-bond donors (Lipinski definition) is 2. The molecule has 1 aliphatic rings. The zero-order valence-corrected chi connectivity index (χ0v) is 11.7. The summed E-state index contributed by atoms with van der Waals surface area (Å²) in [5.74, 6) is 0. The van der Waals surface area contributed by atoms with Gasteiger partial charge in [-0.1, -0.05) is 19.4 Å². The molecule has 0 amide bonds. The number of benzene rings is 1. The first-order chi connectivity index (χ1) is 9.38. The fraction of sp³-hybridized carbons (Fsp3) is 0.500. The van der Waals surface area contributed by atoms with E-state index in [1.54, 1.807) is 0 Å². The van der Waals surface area contributed by atoms with Crippen molar-refractivity contribution in [3.8, 4) is 0 Å². The van der Waals surface area contributed by atoms with E-state index in [0.29, 0.717) is 6.04 Å². The Morgan fingerprint density at radius 2 is 2.05 bits per heavy atom. The second-order valence-corrected chi connectivity index (χ2v) is 5.41. The Kier molecular flexibility index (Phi) is 3.85. The molecule has 1 aliphatic heterocycles. The topological polar surface area (TPSA) is 31.1 Å². The maximum absolute atomic E-state index is 3.44. The van der Waals surface area contributed by atoms with Crippen molar-refractivity contribution in [2.24, 2.45) is 0 Å². The summed E-state index contributed by atoms with van der Waals surface area (Å²) in [5.41, 5.74) is 2.70. The summed E-state index contributed by atoms with van der Waals surface area (Å²) in [6, 6.07) is 9.61. The third-order valence-electron chi connectivity index (χ3n) is 4.12. The Bertz CT molecular complexity index is 526. The van der Waals surface area contributed by atoms with Crippen LogP contribution < -0.4 is 5.32 Å². The van der Waals surface area contributed by atoms with Gasteiger partial charge in [-0.15, -0.1) is 0 Å². The van der Waals surface area contributed by atoms with Crippen LogP contribution in [-0.4, -0.2) is 36.1 Å². The highest BCUT2D eigenvalue weighted by Gasteiger charge is 2.21. The van der Waals surface area contributed by atoms with Gasteiger partial charge in [-0.2, -0.15) is 0 Å². The SMILES string of the molecule is CCC[C@@H](c1ccc2[nH]ccc2c1)N1CCNCC1. The van der Waals surface area contributed by atoms with E-state index in [1.807, 2.05) is 6.20 Å². The number of aromatic amines is 1. The molecule has 19 heavy (non-hydrogen) atoms. The highest BCUT2D eigenvalue weighted by Crippen LogP contribution is 2.28. The van der Waals surface area contributed by atoms with Gasteiger partial charge in [0, 0.05) is 43.9 Å². The number of rotatable bonds is 4. The molecule has 0 aliphatic carbocycles. The molecule has 2 aromatic rings. The van der Waals surface area contributed by atoms with E-state index < -0.39 is 0 Å². The first kappa shape index (κ1) is 12.7. The second-order valence-electron chi connectivity index (χ2n) is 5.41. The molecule has 2 heterocycles. The van der Waals surface area contributed by atoms with Crippen molar-refractivity contribution in [2.75, 3.05) is 26.2 Å². The maximum atomic E-state index is 3.44. The molecule has 0 bridgehead atoms. The molecular weight excluding hydrogens is 234 g/mol. The zero-order chi connectivity index (χ0) is 13.1. The summed E-state index contributed by atoms with van der Waals surface area (Å²) in [6.45, 7) is 6.84. The smallest absolute Gasteiger partial charge is 0.0454 e. The van der Waals surface area contributed by atoms with Crippen molar-refractivity contribution in [3.63, 3.8) is 0 Å². The normalized spacial score (nSPS) is 18.8. The molecule has 0 unspecified atom stereocenters. The van der Waals surface area contributed by atoms with Gasteiger partial charge in [0.15, 0.2) is 0 Å². The Morgan fingerprint density at radius 1 is 1.21 bits per heavy atom. The molecule has 0 saturated carbocycles. The Balaban J connectivity index is 1.88. The quantitative estimate of drug-likeness (QED) is 0.882. The van der Waals surface area contributed by atoms with Crippen LogP contribution in [0.4, 0.5) is 0 Å². The van der Waals surface area contributed by atoms with Crippen LogP contribution in [0.25, 0.3) is 10.9 Å². The Labute approximate surface area is 115 Å². The van der Waals surface area contributed by atoms with Crippen LogP contribution in [-0.2, 0) is 0 Å². The van der Waals surface area contributed by atoms with Crippen molar-refractivity contribution in [1.29, 1.82) is 0 Å². The average Bonchev–Trinajstić information content (AvgIpc) is 2.93. The standard InChI is InChI=1S/C16H23N3/c1-2-3-16(19-10-8-17-9-11-19)14-4-5-15-13(12-14)6-7-18-15/h4-7,12,16-18H,2-3,8-11H2,1H3/t16-/m0/s1. The molecule has 0 spiro atoms. The van der Waals surface area contributed by atoms with Crippen LogP contribution in [0.2, 0.25) is 0 Å². The number of aromatic nitrogens is 1. The van der Waals surface area contributed by atoms with Crippen molar-refractivity contribution >= 4 is 10.9 Å². The maximum Gasteiger partial charge on any atom is 0.0454 e. The summed E-state index contributed by atoms with van der Waals surface area (Å²) in [7, 11) is 0. The summed E-state index contributed by atoms with van der Waals surface area (Å²) in [6.07, 6.45) is 4.50. The molecule has 1 aromatic carbocycles. The largest absolute Gasteiger partial charge is 0.361 e. The van der Waals surface area contributed by atoms with Crippen molar-refractivity contribution < 1.29 is 0 Å². The van der Waals surface area contributed by atoms with Gasteiger partial charge < -0.3 is 10.3 Å². The summed E-state index contributed by atoms with van der Waals surface area (Å²) < 4.78 is 0. The summed E-state index contributed by atoms with van der Waals surface area (Å²) >= 11 is 0. The summed E-state index contributed by atoms with van der Waals surface area (Å²) in [5, 5.41) is 4.77. The van der Waals surface area contributed by atoms with E-state index in [9.17, 15) is 0 Å². The van der Waals surface area contributed by atoms with Crippen molar-refractivity contribution in [1.82, 2.24) is 15.2 Å². The molecule has 3 nitrogen and oxygen atoms in total. The number of piperazine rings is 1. The molecule has 102 valence electrons. The minimum atomic E-state index is 0.575. The minimum absolute atomic E-state index is 0.575. The van der Waals surface area contributed by atoms with Gasteiger partial charge in [0.2, 0.25) is 0 Å². The number of fused-ring (bicyclic) bond motifs is 1. The monoisotopic (exact) mass is 257 g/mol. The van der Waals surface area contributed by atoms with Crippen molar-refractivity contribution in [2.45, 2.75) is 25.8 Å². The lowest BCUT2D eigenvalue weighted by atomic mass is 9.98. The van der Waals surface area contributed by atoms with E-state index in [4.69, 9.17) is 0 Å². The van der Waals surface area contributed by atoms with Crippen LogP contribution in [0.5, 0.6) is 0 Å². The molecule has 3 rings (SSSR count). The van der Waals surface area contributed by atoms with E-state index in [1.165, 1.54) is 29.3 Å². The molecule has 0 radical (unpaired) electrons. The molecule has 1 atom stereocenters. The number of H-pyrrole nitrogens is 1. The number of nitrogens with zero attached hydrogens (tertiary/aromatic N) is 1. The third-order valence-corrected chi connectivity index (χ3v) is 4.12. The third kappa shape index (κ3) is 2.67. The van der Waals surface area contributed by atoms with Gasteiger partial charge in [0.05, 0.1) is 0 Å². The van der Waals surface area contributed by atoms with E-state index in [2.05, 4.69) is 46.4 Å². The summed E-state index contributed by atoms with van der Waals surface area (Å²) in [4.78, 5) is 5.91. The lowest BCUT2D eigenvalue weighted by Crippen LogP contribution is -2.45. The van der Waals surface area contributed by atoms with E-state index >= 15 is 0 Å². The van der Waals surface area contributed by atoms with Gasteiger partial charge in [-0.25, -0.2) is 0 Å². The Hall–Kier alpha value is -1.32. The van der Waals surface area contributed by atoms with Gasteiger partial charge in [0.1, 0.15) is 0 Å². The van der Waals surface area contributed by atoms with Gasteiger partial charge >= 0.3 is 0 Å². The van der Waals surface area contributed by atoms with Crippen LogP contribution in [0.3, 0.4) is 0 Å². The van der Waals surface area contributed by atoms with Gasteiger partial charge in [-0.3, -0.25) is 4.90 Å². The highest BCUT2D eigenvalue weighted by molar-refractivity contribution is 5.80. The van der Waals surface area contributed by atoms with Crippen LogP contribution in [0.15, 0.2) is 30.5 Å². The minimum Gasteiger partial charge on any atom is -0.361 e. The van der Waals surface area contributed by atoms with Crippen LogP contribution >= 0.6 is 0 Å². The fourth-order valence-corrected chi connectivity index (χ4v) is 3.11. The predicted octanol–water partition coefficient (Wildman–Crippen LogP) is 2.91. The fourth-order valence-electron chi connectivity index (χ4n) is 3.11. The van der Waals surface area contributed by atoms with Gasteiger partial charge in [-0.05, 0) is 35.6 Å². The molecular formula is C16H23N3. The lowest BCUT2D eigenvalue weighted by Gasteiger charge is -2.35. The van der Waals surface area contributed by atoms with Crippen molar-refractivity contribution in [3.05, 3.63) is 36.0 Å². The highest BCUT2D eigenvalue weighted by atomic mass is 15.2. The molecule has 1 saturated heterocycles. The average molecular weight is 257 g/mol. The predicted molar refractivity (Wildman–Crippen MR) is 80.4 cm³/mol. The van der Waals surface area contributed by atoms with E-state index in [0.717, 1.165) is 26.2 Å². The first-order valence-electron chi connectivity index (χ1n) is 7.40. The van der Waals surface area contributed by atoms with Crippen LogP contribution in [0.1, 0.15) is 31.4 Å². The number of nitrogens with one attached hydrogen (secondary N) is 2. The number of hydrogen-bond acceptors (Lipinski definition) is 2. The zero-order valence-electron chi connectivity index (χ0n) is 11.7. The van der Waals surface area contributed by atoms with Gasteiger partial charge in [0.25, 0.3) is 0 Å². The molecule has 1 fully saturated rings. The van der Waals surface area contributed by atoms with E-state index in [-0.39, 0.29) is 0 Å².